The molecule has 2 rings (SSSR count). The molecule has 1 unspecified atom stereocenters. The van der Waals surface area contributed by atoms with E-state index in [0.29, 0.717) is 0 Å². The van der Waals surface area contributed by atoms with Crippen molar-refractivity contribution in [2.45, 2.75) is 18.7 Å². The third kappa shape index (κ3) is 3.74. The maximum Gasteiger partial charge on any atom is 0.118 e. The van der Waals surface area contributed by atoms with Gasteiger partial charge in [-0.1, -0.05) is 40.2 Å². The second-order valence-corrected chi connectivity index (χ2v) is 5.91. The smallest absolute Gasteiger partial charge is 0.118 e. The Hall–Kier alpha value is -0.990. The van der Waals surface area contributed by atoms with E-state index < -0.39 is 0 Å². The summed E-state index contributed by atoms with van der Waals surface area (Å²) in [4.78, 5) is 0. The maximum absolute atomic E-state index is 6.49. The number of hydrogen-bond donors (Lipinski definition) is 0. The summed E-state index contributed by atoms with van der Waals surface area (Å²) in [6.07, 6.45) is 0.807. The molecule has 0 aromatic heterocycles. The van der Waals surface area contributed by atoms with Gasteiger partial charge in [0.05, 0.1) is 12.5 Å². The van der Waals surface area contributed by atoms with Gasteiger partial charge in [0.1, 0.15) is 5.75 Å². The minimum atomic E-state index is -0.0229. The van der Waals surface area contributed by atoms with Gasteiger partial charge in [-0.2, -0.15) is 0 Å². The van der Waals surface area contributed by atoms with Crippen molar-refractivity contribution in [1.29, 1.82) is 0 Å². The molecule has 2 aromatic rings. The van der Waals surface area contributed by atoms with Crippen molar-refractivity contribution in [2.75, 3.05) is 7.11 Å². The van der Waals surface area contributed by atoms with Crippen molar-refractivity contribution in [3.8, 4) is 5.75 Å². The second kappa shape index (κ2) is 6.44. The van der Waals surface area contributed by atoms with Gasteiger partial charge in [0, 0.05) is 4.47 Å². The van der Waals surface area contributed by atoms with Crippen molar-refractivity contribution in [1.82, 2.24) is 0 Å². The average molecular weight is 340 g/mol. The van der Waals surface area contributed by atoms with Crippen LogP contribution in [0.3, 0.4) is 0 Å². The summed E-state index contributed by atoms with van der Waals surface area (Å²) in [6.45, 7) is 2.07. The molecule has 0 aliphatic rings. The zero-order valence-electron chi connectivity index (χ0n) is 11.0. The van der Waals surface area contributed by atoms with Crippen LogP contribution in [0.1, 0.15) is 22.1 Å². The minimum absolute atomic E-state index is 0.0229. The first kappa shape index (κ1) is 14.4. The number of methoxy groups -OCH3 is 1. The van der Waals surface area contributed by atoms with Gasteiger partial charge in [0.25, 0.3) is 0 Å². The van der Waals surface area contributed by atoms with Gasteiger partial charge in [-0.05, 0) is 48.2 Å². The molecule has 1 atom stereocenters. The van der Waals surface area contributed by atoms with E-state index >= 15 is 0 Å². The summed E-state index contributed by atoms with van der Waals surface area (Å²) in [5.41, 5.74) is 3.56. The van der Waals surface area contributed by atoms with Crippen molar-refractivity contribution in [2.24, 2.45) is 0 Å². The van der Waals surface area contributed by atoms with Crippen LogP contribution in [0.4, 0.5) is 0 Å². The van der Waals surface area contributed by atoms with E-state index in [1.165, 1.54) is 11.1 Å². The minimum Gasteiger partial charge on any atom is -0.497 e. The van der Waals surface area contributed by atoms with Crippen LogP contribution in [0, 0.1) is 6.92 Å². The van der Waals surface area contributed by atoms with E-state index in [-0.39, 0.29) is 5.38 Å². The lowest BCUT2D eigenvalue weighted by Crippen LogP contribution is -1.96. The third-order valence-electron chi connectivity index (χ3n) is 3.13. The summed E-state index contributed by atoms with van der Waals surface area (Å²) in [7, 11) is 1.67. The van der Waals surface area contributed by atoms with Crippen molar-refractivity contribution >= 4 is 27.5 Å². The van der Waals surface area contributed by atoms with E-state index in [1.807, 2.05) is 12.1 Å². The van der Waals surface area contributed by atoms with Crippen molar-refractivity contribution < 1.29 is 4.74 Å². The largest absolute Gasteiger partial charge is 0.497 e. The molecule has 0 saturated heterocycles. The standard InChI is InChI=1S/C16H16BrClO/c1-11-3-6-13(10-15(11)17)16(18)9-12-4-7-14(19-2)8-5-12/h3-8,10,16H,9H2,1-2H3. The Balaban J connectivity index is 2.10. The Morgan fingerprint density at radius 2 is 1.84 bits per heavy atom. The van der Waals surface area contributed by atoms with Gasteiger partial charge in [0.2, 0.25) is 0 Å². The van der Waals surface area contributed by atoms with E-state index in [9.17, 15) is 0 Å². The molecule has 0 radical (unpaired) electrons. The van der Waals surface area contributed by atoms with E-state index in [0.717, 1.165) is 22.2 Å². The molecule has 0 aliphatic carbocycles. The van der Waals surface area contributed by atoms with Crippen LogP contribution in [0.25, 0.3) is 0 Å². The topological polar surface area (TPSA) is 9.23 Å². The SMILES string of the molecule is COc1ccc(CC(Cl)c2ccc(C)c(Br)c2)cc1. The van der Waals surface area contributed by atoms with Crippen molar-refractivity contribution in [3.63, 3.8) is 0 Å². The summed E-state index contributed by atoms with van der Waals surface area (Å²) in [5, 5.41) is -0.0229. The molecule has 0 heterocycles. The first-order valence-electron chi connectivity index (χ1n) is 6.13. The normalized spacial score (nSPS) is 12.2. The van der Waals surface area contributed by atoms with Crippen LogP contribution in [0.15, 0.2) is 46.9 Å². The molecule has 0 bridgehead atoms. The lowest BCUT2D eigenvalue weighted by molar-refractivity contribution is 0.414. The Bertz CT molecular complexity index is 551. The summed E-state index contributed by atoms with van der Waals surface area (Å²) in [5.74, 6) is 0.868. The van der Waals surface area contributed by atoms with Crippen LogP contribution in [-0.4, -0.2) is 7.11 Å². The summed E-state index contributed by atoms with van der Waals surface area (Å²) in [6, 6.07) is 14.3. The molecule has 19 heavy (non-hydrogen) atoms. The summed E-state index contributed by atoms with van der Waals surface area (Å²) >= 11 is 10.0. The molecule has 0 N–H and O–H groups in total. The maximum atomic E-state index is 6.49. The Morgan fingerprint density at radius 1 is 1.16 bits per heavy atom. The molecule has 0 aliphatic heterocycles. The fourth-order valence-electron chi connectivity index (χ4n) is 1.89. The second-order valence-electron chi connectivity index (χ2n) is 4.53. The van der Waals surface area contributed by atoms with Gasteiger partial charge >= 0.3 is 0 Å². The molecular weight excluding hydrogens is 324 g/mol. The first-order valence-corrected chi connectivity index (χ1v) is 7.36. The fourth-order valence-corrected chi connectivity index (χ4v) is 2.60. The highest BCUT2D eigenvalue weighted by molar-refractivity contribution is 9.10. The summed E-state index contributed by atoms with van der Waals surface area (Å²) < 4.78 is 6.25. The molecule has 0 spiro atoms. The molecule has 2 aromatic carbocycles. The number of aryl methyl sites for hydroxylation is 1. The van der Waals surface area contributed by atoms with Crippen LogP contribution in [0.2, 0.25) is 0 Å². The molecular formula is C16H16BrClO. The van der Waals surface area contributed by atoms with E-state index in [1.54, 1.807) is 7.11 Å². The van der Waals surface area contributed by atoms with Crippen LogP contribution >= 0.6 is 27.5 Å². The molecule has 1 nitrogen and oxygen atoms in total. The van der Waals surface area contributed by atoms with Crippen LogP contribution in [-0.2, 0) is 6.42 Å². The molecule has 3 heteroatoms. The zero-order chi connectivity index (χ0) is 13.8. The van der Waals surface area contributed by atoms with Gasteiger partial charge in [-0.25, -0.2) is 0 Å². The lowest BCUT2D eigenvalue weighted by atomic mass is 10.0. The molecule has 0 amide bonds. The van der Waals surface area contributed by atoms with Gasteiger partial charge < -0.3 is 4.74 Å². The predicted octanol–water partition coefficient (Wildman–Crippen LogP) is 5.29. The fraction of sp³-hybridized carbons (Fsp3) is 0.250. The number of halogens is 2. The van der Waals surface area contributed by atoms with Gasteiger partial charge in [-0.3, -0.25) is 0 Å². The Labute approximate surface area is 127 Å². The quantitative estimate of drug-likeness (QED) is 0.688. The van der Waals surface area contributed by atoms with Crippen molar-refractivity contribution in [3.05, 3.63) is 63.6 Å². The highest BCUT2D eigenvalue weighted by atomic mass is 79.9. The predicted molar refractivity (Wildman–Crippen MR) is 84.2 cm³/mol. The first-order chi connectivity index (χ1) is 9.10. The Kier molecular flexibility index (Phi) is 4.89. The lowest BCUT2D eigenvalue weighted by Gasteiger charge is -2.12. The Morgan fingerprint density at radius 3 is 2.42 bits per heavy atom. The van der Waals surface area contributed by atoms with E-state index in [4.69, 9.17) is 16.3 Å². The van der Waals surface area contributed by atoms with Gasteiger partial charge in [-0.15, -0.1) is 11.6 Å². The average Bonchev–Trinajstić information content (AvgIpc) is 2.42. The number of hydrogen-bond acceptors (Lipinski definition) is 1. The molecule has 0 saturated carbocycles. The van der Waals surface area contributed by atoms with E-state index in [2.05, 4.69) is 53.2 Å². The number of benzene rings is 2. The zero-order valence-corrected chi connectivity index (χ0v) is 13.3. The molecule has 0 fully saturated rings. The monoisotopic (exact) mass is 338 g/mol. The van der Waals surface area contributed by atoms with Crippen LogP contribution in [0.5, 0.6) is 5.75 Å². The number of rotatable bonds is 4. The van der Waals surface area contributed by atoms with Crippen LogP contribution < -0.4 is 4.74 Å². The highest BCUT2D eigenvalue weighted by Gasteiger charge is 2.10. The molecule has 100 valence electrons. The number of ether oxygens (including phenoxy) is 1. The highest BCUT2D eigenvalue weighted by Crippen LogP contribution is 2.29. The third-order valence-corrected chi connectivity index (χ3v) is 4.39. The van der Waals surface area contributed by atoms with Gasteiger partial charge in [0.15, 0.2) is 0 Å². The number of alkyl halides is 1.